The van der Waals surface area contributed by atoms with Gasteiger partial charge in [-0.25, -0.2) is 4.98 Å². The summed E-state index contributed by atoms with van der Waals surface area (Å²) < 4.78 is 0. The van der Waals surface area contributed by atoms with Crippen molar-refractivity contribution in [2.24, 2.45) is 11.8 Å². The second kappa shape index (κ2) is 14.4. The Morgan fingerprint density at radius 1 is 0.600 bits per heavy atom. The number of aromatic nitrogens is 3. The van der Waals surface area contributed by atoms with Crippen molar-refractivity contribution < 1.29 is 38.4 Å². The number of pyridine rings is 3. The summed E-state index contributed by atoms with van der Waals surface area (Å²) in [6, 6.07) is 4.29. The summed E-state index contributed by atoms with van der Waals surface area (Å²) in [5, 5.41) is 6.23. The minimum atomic E-state index is -1.21. The molecule has 0 aromatic carbocycles. The first kappa shape index (κ1) is 34.9. The Labute approximate surface area is 285 Å². The van der Waals surface area contributed by atoms with Gasteiger partial charge in [0.25, 0.3) is 47.3 Å². The van der Waals surface area contributed by atoms with Gasteiger partial charge in [0.2, 0.25) is 0 Å². The van der Waals surface area contributed by atoms with Crippen LogP contribution < -0.4 is 21.5 Å². The molecule has 3 aromatic heterocycles. The van der Waals surface area contributed by atoms with E-state index in [2.05, 4.69) is 36.4 Å². The molecule has 0 spiro atoms. The van der Waals surface area contributed by atoms with E-state index in [9.17, 15) is 38.4 Å². The predicted octanol–water partition coefficient (Wildman–Crippen LogP) is 0.815. The SMILES string of the molecule is CC(C)C[C@@H](NC(=O)c1cccc(C(=O)N[C@H](CC(C)C)C(=O)NN2C(=O)c3ccncc3C2=O)n1)C(=O)NN1C(=O)c2ccncc2C1=O. The molecule has 5 heterocycles. The molecule has 2 atom stereocenters. The first-order valence-corrected chi connectivity index (χ1v) is 15.6. The highest BCUT2D eigenvalue weighted by Crippen LogP contribution is 2.21. The summed E-state index contributed by atoms with van der Waals surface area (Å²) in [7, 11) is 0. The molecule has 2 aliphatic heterocycles. The summed E-state index contributed by atoms with van der Waals surface area (Å²) in [5.41, 5.74) is 4.28. The highest BCUT2D eigenvalue weighted by atomic mass is 16.2. The van der Waals surface area contributed by atoms with Gasteiger partial charge in [-0.15, -0.1) is 0 Å². The summed E-state index contributed by atoms with van der Waals surface area (Å²) in [4.78, 5) is 116. The van der Waals surface area contributed by atoms with Crippen LogP contribution in [0.15, 0.2) is 55.1 Å². The predicted molar refractivity (Wildman–Crippen MR) is 171 cm³/mol. The molecule has 258 valence electrons. The minimum absolute atomic E-state index is 0.0239. The zero-order chi connectivity index (χ0) is 36.3. The Hall–Kier alpha value is -6.39. The third-order valence-corrected chi connectivity index (χ3v) is 7.69. The molecule has 0 saturated heterocycles. The summed E-state index contributed by atoms with van der Waals surface area (Å²) >= 11 is 0. The number of carbonyl (C=O) groups is 8. The van der Waals surface area contributed by atoms with Crippen molar-refractivity contribution in [2.45, 2.75) is 52.6 Å². The molecule has 0 aliphatic carbocycles. The summed E-state index contributed by atoms with van der Waals surface area (Å²) in [6.07, 6.45) is 5.36. The molecule has 0 bridgehead atoms. The van der Waals surface area contributed by atoms with Gasteiger partial charge in [0.15, 0.2) is 0 Å². The van der Waals surface area contributed by atoms with Crippen molar-refractivity contribution in [2.75, 3.05) is 0 Å². The lowest BCUT2D eigenvalue weighted by Gasteiger charge is -2.23. The molecule has 4 N–H and O–H groups in total. The molecular weight excluding hydrogens is 650 g/mol. The van der Waals surface area contributed by atoms with Crippen molar-refractivity contribution in [3.63, 3.8) is 0 Å². The fourth-order valence-corrected chi connectivity index (χ4v) is 5.31. The highest BCUT2D eigenvalue weighted by Gasteiger charge is 2.40. The molecular formula is C33H33N9O8. The second-order valence-electron chi connectivity index (χ2n) is 12.4. The lowest BCUT2D eigenvalue weighted by molar-refractivity contribution is -0.127. The quantitative estimate of drug-likeness (QED) is 0.195. The number of hydrogen-bond acceptors (Lipinski definition) is 11. The van der Waals surface area contributed by atoms with E-state index in [1.54, 1.807) is 27.7 Å². The Balaban J connectivity index is 1.26. The fraction of sp³-hybridized carbons (Fsp3) is 0.303. The van der Waals surface area contributed by atoms with Crippen LogP contribution in [0.25, 0.3) is 0 Å². The third-order valence-electron chi connectivity index (χ3n) is 7.69. The number of nitrogens with one attached hydrogen (secondary N) is 4. The van der Waals surface area contributed by atoms with Gasteiger partial charge in [0, 0.05) is 24.8 Å². The van der Waals surface area contributed by atoms with E-state index in [0.717, 1.165) is 0 Å². The maximum absolute atomic E-state index is 13.3. The van der Waals surface area contributed by atoms with Gasteiger partial charge in [0.1, 0.15) is 23.5 Å². The van der Waals surface area contributed by atoms with E-state index in [1.807, 2.05) is 0 Å². The Morgan fingerprint density at radius 2 is 0.980 bits per heavy atom. The van der Waals surface area contributed by atoms with Crippen molar-refractivity contribution in [1.82, 2.24) is 46.5 Å². The largest absolute Gasteiger partial charge is 0.339 e. The molecule has 17 nitrogen and oxygen atoms in total. The Morgan fingerprint density at radius 3 is 1.34 bits per heavy atom. The standard InChI is InChI=1S/C33H33N9O8/c1-16(2)12-24(28(45)39-41-30(47)18-8-10-34-14-20(18)32(41)49)37-26(43)22-6-5-7-23(36-22)27(44)38-25(13-17(3)4)29(46)40-42-31(48)19-9-11-35-15-21(19)33(42)50/h5-11,14-17,24-25H,12-13H2,1-4H3,(H,37,43)(H,38,44)(H,39,45)(H,40,46)/t24-,25-/m1/s1. The van der Waals surface area contributed by atoms with Crippen LogP contribution in [0, 0.1) is 11.8 Å². The van der Waals surface area contributed by atoms with Crippen LogP contribution in [0.3, 0.4) is 0 Å². The van der Waals surface area contributed by atoms with Crippen molar-refractivity contribution in [1.29, 1.82) is 0 Å². The fourth-order valence-electron chi connectivity index (χ4n) is 5.31. The van der Waals surface area contributed by atoms with Crippen molar-refractivity contribution >= 4 is 47.3 Å². The smallest absolute Gasteiger partial charge is 0.282 e. The van der Waals surface area contributed by atoms with Crippen LogP contribution in [0.5, 0.6) is 0 Å². The molecule has 5 rings (SSSR count). The first-order valence-electron chi connectivity index (χ1n) is 15.6. The van der Waals surface area contributed by atoms with Crippen molar-refractivity contribution in [3.05, 3.63) is 88.8 Å². The van der Waals surface area contributed by atoms with E-state index >= 15 is 0 Å². The van der Waals surface area contributed by atoms with E-state index < -0.39 is 59.3 Å². The maximum atomic E-state index is 13.3. The van der Waals surface area contributed by atoms with Gasteiger partial charge in [-0.3, -0.25) is 59.2 Å². The minimum Gasteiger partial charge on any atom is -0.339 e. The molecule has 0 fully saturated rings. The lowest BCUT2D eigenvalue weighted by Crippen LogP contribution is -2.54. The number of hydrazine groups is 2. The monoisotopic (exact) mass is 683 g/mol. The summed E-state index contributed by atoms with van der Waals surface area (Å²) in [6.45, 7) is 7.22. The van der Waals surface area contributed by atoms with E-state index in [1.165, 1.54) is 55.1 Å². The molecule has 8 amide bonds. The van der Waals surface area contributed by atoms with Crippen LogP contribution in [-0.4, -0.2) is 84.3 Å². The van der Waals surface area contributed by atoms with Crippen molar-refractivity contribution in [3.8, 4) is 0 Å². The zero-order valence-corrected chi connectivity index (χ0v) is 27.4. The van der Waals surface area contributed by atoms with Gasteiger partial charge in [-0.2, -0.15) is 10.0 Å². The van der Waals surface area contributed by atoms with Crippen LogP contribution >= 0.6 is 0 Å². The average molecular weight is 684 g/mol. The second-order valence-corrected chi connectivity index (χ2v) is 12.4. The molecule has 50 heavy (non-hydrogen) atoms. The molecule has 0 radical (unpaired) electrons. The van der Waals surface area contributed by atoms with E-state index in [0.29, 0.717) is 10.0 Å². The van der Waals surface area contributed by atoms with Crippen LogP contribution in [-0.2, 0) is 9.59 Å². The number of carbonyl (C=O) groups excluding carboxylic acids is 8. The highest BCUT2D eigenvalue weighted by molar-refractivity contribution is 6.22. The van der Waals surface area contributed by atoms with Gasteiger partial charge >= 0.3 is 0 Å². The molecule has 0 unspecified atom stereocenters. The summed E-state index contributed by atoms with van der Waals surface area (Å²) in [5.74, 6) is -6.58. The molecule has 0 saturated carbocycles. The average Bonchev–Trinajstić information content (AvgIpc) is 3.47. The Kier molecular flexibility index (Phi) is 10.1. The number of imide groups is 2. The molecule has 17 heteroatoms. The number of amides is 8. The van der Waals surface area contributed by atoms with Crippen LogP contribution in [0.4, 0.5) is 0 Å². The normalized spacial score (nSPS) is 14.8. The third kappa shape index (κ3) is 7.20. The first-order chi connectivity index (χ1) is 23.8. The molecule has 2 aliphatic rings. The number of nitrogens with zero attached hydrogens (tertiary/aromatic N) is 5. The van der Waals surface area contributed by atoms with Gasteiger partial charge in [-0.1, -0.05) is 33.8 Å². The van der Waals surface area contributed by atoms with Gasteiger partial charge < -0.3 is 10.6 Å². The van der Waals surface area contributed by atoms with E-state index in [4.69, 9.17) is 0 Å². The zero-order valence-electron chi connectivity index (χ0n) is 27.4. The van der Waals surface area contributed by atoms with E-state index in [-0.39, 0.29) is 58.3 Å². The van der Waals surface area contributed by atoms with Gasteiger partial charge in [0.05, 0.1) is 22.3 Å². The Bertz CT molecular complexity index is 1730. The number of fused-ring (bicyclic) bond motifs is 2. The van der Waals surface area contributed by atoms with Crippen LogP contribution in [0.1, 0.15) is 103 Å². The maximum Gasteiger partial charge on any atom is 0.282 e. The van der Waals surface area contributed by atoms with Crippen LogP contribution in [0.2, 0.25) is 0 Å². The molecule has 3 aromatic rings. The number of hydrogen-bond donors (Lipinski definition) is 4. The lowest BCUT2D eigenvalue weighted by atomic mass is 10.0. The topological polar surface area (TPSA) is 230 Å². The van der Waals surface area contributed by atoms with Gasteiger partial charge in [-0.05, 0) is 48.9 Å². The number of rotatable bonds is 12.